The van der Waals surface area contributed by atoms with Crippen molar-refractivity contribution in [1.29, 1.82) is 0 Å². The highest BCUT2D eigenvalue weighted by molar-refractivity contribution is 6.32. The Labute approximate surface area is 143 Å². The second kappa shape index (κ2) is 8.99. The number of hydrogen-bond acceptors (Lipinski definition) is 3. The number of hydrogen-bond donors (Lipinski definition) is 1. The van der Waals surface area contributed by atoms with E-state index in [0.717, 1.165) is 45.6 Å². The van der Waals surface area contributed by atoms with E-state index in [1.807, 2.05) is 17.9 Å². The van der Waals surface area contributed by atoms with E-state index in [2.05, 4.69) is 17.1 Å². The summed E-state index contributed by atoms with van der Waals surface area (Å²) in [6.45, 7) is 9.31. The van der Waals surface area contributed by atoms with Gasteiger partial charge in [0.1, 0.15) is 5.75 Å². The molecule has 128 valence electrons. The lowest BCUT2D eigenvalue weighted by Crippen LogP contribution is -2.38. The number of carbonyl (C=O) groups excluding carboxylic acids is 1. The molecule has 1 heterocycles. The molecule has 2 rings (SSSR count). The second-order valence-corrected chi connectivity index (χ2v) is 6.10. The zero-order valence-electron chi connectivity index (χ0n) is 14.0. The molecule has 2 amide bonds. The van der Waals surface area contributed by atoms with Crippen molar-refractivity contribution in [3.8, 4) is 5.75 Å². The molecule has 1 fully saturated rings. The van der Waals surface area contributed by atoms with E-state index in [0.29, 0.717) is 23.1 Å². The van der Waals surface area contributed by atoms with Crippen LogP contribution in [-0.4, -0.2) is 55.2 Å². The van der Waals surface area contributed by atoms with Crippen molar-refractivity contribution in [2.75, 3.05) is 44.6 Å². The van der Waals surface area contributed by atoms with E-state index in [-0.39, 0.29) is 6.03 Å². The van der Waals surface area contributed by atoms with Crippen molar-refractivity contribution in [2.24, 2.45) is 0 Å². The van der Waals surface area contributed by atoms with Crippen molar-refractivity contribution in [2.45, 2.75) is 26.7 Å². The number of anilines is 1. The molecule has 1 N–H and O–H groups in total. The van der Waals surface area contributed by atoms with E-state index in [1.165, 1.54) is 0 Å². The van der Waals surface area contributed by atoms with Crippen molar-refractivity contribution in [1.82, 2.24) is 9.80 Å². The molecule has 6 heteroatoms. The molecule has 1 aliphatic heterocycles. The van der Waals surface area contributed by atoms with Crippen LogP contribution in [0.15, 0.2) is 18.2 Å². The second-order valence-electron chi connectivity index (χ2n) is 5.69. The molecule has 1 aliphatic rings. The predicted molar refractivity (Wildman–Crippen MR) is 94.6 cm³/mol. The summed E-state index contributed by atoms with van der Waals surface area (Å²) in [5.41, 5.74) is 0.693. The zero-order valence-corrected chi connectivity index (χ0v) is 14.7. The normalized spacial score (nSPS) is 16.0. The van der Waals surface area contributed by atoms with Crippen LogP contribution in [0, 0.1) is 0 Å². The average Bonchev–Trinajstić information content (AvgIpc) is 2.76. The average molecular weight is 340 g/mol. The molecule has 0 unspecified atom stereocenters. The smallest absolute Gasteiger partial charge is 0.321 e. The Kier molecular flexibility index (Phi) is 6.99. The summed E-state index contributed by atoms with van der Waals surface area (Å²) in [6, 6.07) is 5.26. The molecule has 1 aromatic rings. The van der Waals surface area contributed by atoms with Crippen LogP contribution in [0.25, 0.3) is 0 Å². The first kappa shape index (κ1) is 17.9. The van der Waals surface area contributed by atoms with Crippen LogP contribution in [0.2, 0.25) is 5.02 Å². The Hall–Kier alpha value is -1.46. The molecule has 1 saturated heterocycles. The summed E-state index contributed by atoms with van der Waals surface area (Å²) in [7, 11) is 0. The van der Waals surface area contributed by atoms with Crippen LogP contribution in [0.1, 0.15) is 26.7 Å². The molecule has 0 saturated carbocycles. The number of urea groups is 1. The lowest BCUT2D eigenvalue weighted by atomic mass is 10.3. The van der Waals surface area contributed by atoms with Gasteiger partial charge in [-0.25, -0.2) is 4.79 Å². The van der Waals surface area contributed by atoms with Gasteiger partial charge in [-0.05, 0) is 51.1 Å². The minimum atomic E-state index is -0.0661. The van der Waals surface area contributed by atoms with E-state index < -0.39 is 0 Å². The Bertz CT molecular complexity index is 525. The Morgan fingerprint density at radius 3 is 2.78 bits per heavy atom. The van der Waals surface area contributed by atoms with Gasteiger partial charge in [0.25, 0.3) is 0 Å². The van der Waals surface area contributed by atoms with Gasteiger partial charge < -0.3 is 19.9 Å². The maximum absolute atomic E-state index is 12.4. The molecule has 0 bridgehead atoms. The third-order valence-electron chi connectivity index (χ3n) is 3.90. The number of benzene rings is 1. The molecule has 5 nitrogen and oxygen atoms in total. The van der Waals surface area contributed by atoms with Gasteiger partial charge in [-0.3, -0.25) is 0 Å². The fourth-order valence-corrected chi connectivity index (χ4v) is 3.00. The third-order valence-corrected chi connectivity index (χ3v) is 4.19. The molecule has 1 aromatic carbocycles. The lowest BCUT2D eigenvalue weighted by Gasteiger charge is -2.22. The van der Waals surface area contributed by atoms with E-state index in [1.54, 1.807) is 12.1 Å². The van der Waals surface area contributed by atoms with E-state index in [9.17, 15) is 4.79 Å². The fraction of sp³-hybridized carbons (Fsp3) is 0.588. The Morgan fingerprint density at radius 1 is 1.26 bits per heavy atom. The monoisotopic (exact) mass is 339 g/mol. The van der Waals surface area contributed by atoms with Gasteiger partial charge in [-0.1, -0.05) is 18.5 Å². The van der Waals surface area contributed by atoms with Gasteiger partial charge in [0.2, 0.25) is 0 Å². The van der Waals surface area contributed by atoms with Crippen molar-refractivity contribution in [3.05, 3.63) is 23.2 Å². The maximum atomic E-state index is 12.4. The number of rotatable bonds is 5. The van der Waals surface area contributed by atoms with Crippen molar-refractivity contribution in [3.63, 3.8) is 0 Å². The summed E-state index contributed by atoms with van der Waals surface area (Å²) < 4.78 is 5.40. The first-order valence-corrected chi connectivity index (χ1v) is 8.72. The molecule has 0 spiro atoms. The number of amides is 2. The fourth-order valence-electron chi connectivity index (χ4n) is 2.77. The Balaban J connectivity index is 1.92. The predicted octanol–water partition coefficient (Wildman–Crippen LogP) is 3.69. The highest BCUT2D eigenvalue weighted by Gasteiger charge is 2.19. The number of halogens is 1. The topological polar surface area (TPSA) is 44.8 Å². The standard InChI is InChI=1S/C17H26ClN3O2/c1-3-8-20-9-5-10-21(12-11-20)17(22)19-14-6-7-16(23-4-2)15(18)13-14/h6-7,13H,3-5,8-12H2,1-2H3,(H,19,22). The maximum Gasteiger partial charge on any atom is 0.321 e. The number of nitrogens with one attached hydrogen (secondary N) is 1. The summed E-state index contributed by atoms with van der Waals surface area (Å²) in [6.07, 6.45) is 2.16. The quantitative estimate of drug-likeness (QED) is 0.889. The number of ether oxygens (including phenoxy) is 1. The molecule has 23 heavy (non-hydrogen) atoms. The van der Waals surface area contributed by atoms with Gasteiger partial charge in [0, 0.05) is 25.3 Å². The molecule has 0 aliphatic carbocycles. The van der Waals surface area contributed by atoms with Gasteiger partial charge in [0.15, 0.2) is 0 Å². The van der Waals surface area contributed by atoms with Crippen LogP contribution in [0.4, 0.5) is 10.5 Å². The minimum absolute atomic E-state index is 0.0661. The van der Waals surface area contributed by atoms with Crippen LogP contribution in [0.5, 0.6) is 5.75 Å². The highest BCUT2D eigenvalue weighted by Crippen LogP contribution is 2.27. The van der Waals surface area contributed by atoms with Gasteiger partial charge in [-0.15, -0.1) is 0 Å². The molecule has 0 radical (unpaired) electrons. The lowest BCUT2D eigenvalue weighted by molar-refractivity contribution is 0.211. The molecular formula is C17H26ClN3O2. The summed E-state index contributed by atoms with van der Waals surface area (Å²) in [5.74, 6) is 0.636. The zero-order chi connectivity index (χ0) is 16.7. The SMILES string of the molecule is CCCN1CCCN(C(=O)Nc2ccc(OCC)c(Cl)c2)CC1. The molecule has 0 aromatic heterocycles. The largest absolute Gasteiger partial charge is 0.492 e. The van der Waals surface area contributed by atoms with Crippen LogP contribution in [0.3, 0.4) is 0 Å². The molecular weight excluding hydrogens is 314 g/mol. The van der Waals surface area contributed by atoms with Crippen LogP contribution < -0.4 is 10.1 Å². The summed E-state index contributed by atoms with van der Waals surface area (Å²) in [4.78, 5) is 16.7. The first-order chi connectivity index (χ1) is 11.1. The minimum Gasteiger partial charge on any atom is -0.492 e. The summed E-state index contributed by atoms with van der Waals surface area (Å²) in [5, 5.41) is 3.43. The van der Waals surface area contributed by atoms with Crippen molar-refractivity contribution < 1.29 is 9.53 Å². The molecule has 0 atom stereocenters. The summed E-state index contributed by atoms with van der Waals surface area (Å²) >= 11 is 6.16. The van der Waals surface area contributed by atoms with Crippen molar-refractivity contribution >= 4 is 23.3 Å². The third kappa shape index (κ3) is 5.29. The van der Waals surface area contributed by atoms with Gasteiger partial charge in [0.05, 0.1) is 11.6 Å². The number of nitrogens with zero attached hydrogens (tertiary/aromatic N) is 2. The van der Waals surface area contributed by atoms with E-state index >= 15 is 0 Å². The van der Waals surface area contributed by atoms with Crippen LogP contribution in [-0.2, 0) is 0 Å². The van der Waals surface area contributed by atoms with Gasteiger partial charge >= 0.3 is 6.03 Å². The first-order valence-electron chi connectivity index (χ1n) is 8.34. The Morgan fingerprint density at radius 2 is 2.09 bits per heavy atom. The number of carbonyl (C=O) groups is 1. The van der Waals surface area contributed by atoms with E-state index in [4.69, 9.17) is 16.3 Å². The highest BCUT2D eigenvalue weighted by atomic mass is 35.5. The van der Waals surface area contributed by atoms with Crippen LogP contribution >= 0.6 is 11.6 Å². The van der Waals surface area contributed by atoms with Gasteiger partial charge in [-0.2, -0.15) is 0 Å².